The zero-order valence-electron chi connectivity index (χ0n) is 13.4. The Hall–Kier alpha value is -3.17. The van der Waals surface area contributed by atoms with Crippen LogP contribution in [0.4, 0.5) is 16.2 Å². The van der Waals surface area contributed by atoms with Gasteiger partial charge in [-0.1, -0.05) is 13.8 Å². The molecule has 0 aromatic heterocycles. The van der Waals surface area contributed by atoms with E-state index in [0.29, 0.717) is 0 Å². The van der Waals surface area contributed by atoms with Crippen molar-refractivity contribution in [3.05, 3.63) is 33.9 Å². The zero-order valence-corrected chi connectivity index (χ0v) is 13.4. The van der Waals surface area contributed by atoms with Crippen molar-refractivity contribution in [3.8, 4) is 0 Å². The van der Waals surface area contributed by atoms with Crippen molar-refractivity contribution in [3.63, 3.8) is 0 Å². The summed E-state index contributed by atoms with van der Waals surface area (Å²) in [5.41, 5.74) is 4.68. The van der Waals surface area contributed by atoms with E-state index in [-0.39, 0.29) is 16.9 Å². The number of nitrogens with one attached hydrogen (secondary N) is 2. The maximum Gasteiger partial charge on any atom is 0.339 e. The molecule has 10 heteroatoms. The van der Waals surface area contributed by atoms with Gasteiger partial charge in [0.25, 0.3) is 11.6 Å². The van der Waals surface area contributed by atoms with Crippen molar-refractivity contribution in [2.75, 3.05) is 12.4 Å². The first kappa shape index (κ1) is 18.9. The Morgan fingerprint density at radius 2 is 1.92 bits per heavy atom. The summed E-state index contributed by atoms with van der Waals surface area (Å²) in [7, 11) is 1.50. The summed E-state index contributed by atoms with van der Waals surface area (Å²) in [5.74, 6) is -2.24. The molecule has 0 aliphatic carbocycles. The second-order valence-corrected chi connectivity index (χ2v) is 5.16. The van der Waals surface area contributed by atoms with Crippen LogP contribution in [0.15, 0.2) is 18.2 Å². The molecule has 0 saturated carbocycles. The molecular weight excluding hydrogens is 320 g/mol. The second kappa shape index (κ2) is 7.90. The van der Waals surface area contributed by atoms with Gasteiger partial charge in [-0.3, -0.25) is 20.2 Å². The highest BCUT2D eigenvalue weighted by molar-refractivity contribution is 5.98. The van der Waals surface area contributed by atoms with E-state index >= 15 is 0 Å². The molecule has 0 unspecified atom stereocenters. The minimum Gasteiger partial charge on any atom is -0.448 e. The van der Waals surface area contributed by atoms with E-state index in [1.165, 1.54) is 19.2 Å². The number of carbonyl (C=O) groups excluding carboxylic acids is 3. The van der Waals surface area contributed by atoms with Crippen LogP contribution in [0.3, 0.4) is 0 Å². The number of anilines is 1. The van der Waals surface area contributed by atoms with E-state index in [4.69, 9.17) is 10.5 Å². The van der Waals surface area contributed by atoms with Crippen molar-refractivity contribution in [1.29, 1.82) is 0 Å². The van der Waals surface area contributed by atoms with Crippen molar-refractivity contribution >= 4 is 29.3 Å². The van der Waals surface area contributed by atoms with Gasteiger partial charge >= 0.3 is 12.0 Å². The van der Waals surface area contributed by atoms with E-state index in [1.807, 2.05) is 5.32 Å². The Kier molecular flexibility index (Phi) is 6.22. The summed E-state index contributed by atoms with van der Waals surface area (Å²) in [5, 5.41) is 15.5. The van der Waals surface area contributed by atoms with Crippen molar-refractivity contribution in [1.82, 2.24) is 5.32 Å². The van der Waals surface area contributed by atoms with Gasteiger partial charge in [0.1, 0.15) is 5.69 Å². The summed E-state index contributed by atoms with van der Waals surface area (Å²) < 4.78 is 5.07. The minimum atomic E-state index is -1.27. The standard InChI is InChI=1S/C14H18N4O6/c1-7(2)11(12(19)17-14(15)21)24-13(20)8-4-5-9(16-3)10(6-8)18(22)23/h4-7,11,16H,1-3H3,(H3,15,17,19,21)/t11-/m1/s1. The van der Waals surface area contributed by atoms with E-state index in [2.05, 4.69) is 5.32 Å². The average Bonchev–Trinajstić information content (AvgIpc) is 2.50. The molecule has 1 aromatic rings. The molecule has 0 spiro atoms. The van der Waals surface area contributed by atoms with Crippen LogP contribution in [0.25, 0.3) is 0 Å². The number of amides is 3. The number of ether oxygens (including phenoxy) is 1. The maximum atomic E-state index is 12.2. The lowest BCUT2D eigenvalue weighted by Gasteiger charge is -2.19. The summed E-state index contributed by atoms with van der Waals surface area (Å²) >= 11 is 0. The predicted octanol–water partition coefficient (Wildman–Crippen LogP) is 1.01. The molecule has 1 atom stereocenters. The number of hydrogen-bond donors (Lipinski definition) is 3. The fourth-order valence-electron chi connectivity index (χ4n) is 1.89. The van der Waals surface area contributed by atoms with E-state index in [9.17, 15) is 24.5 Å². The predicted molar refractivity (Wildman–Crippen MR) is 84.4 cm³/mol. The number of primary amides is 1. The fraction of sp³-hybridized carbons (Fsp3) is 0.357. The Balaban J connectivity index is 3.04. The maximum absolute atomic E-state index is 12.2. The first-order chi connectivity index (χ1) is 11.2. The van der Waals surface area contributed by atoms with Gasteiger partial charge in [-0.25, -0.2) is 9.59 Å². The van der Waals surface area contributed by atoms with Gasteiger partial charge in [-0.05, 0) is 18.1 Å². The number of rotatable bonds is 6. The number of hydrogen-bond acceptors (Lipinski definition) is 7. The lowest BCUT2D eigenvalue weighted by Crippen LogP contribution is -2.45. The molecular formula is C14H18N4O6. The Morgan fingerprint density at radius 3 is 2.38 bits per heavy atom. The van der Waals surface area contributed by atoms with Gasteiger partial charge in [-0.15, -0.1) is 0 Å². The number of nitro benzene ring substituents is 1. The summed E-state index contributed by atoms with van der Waals surface area (Å²) in [6.45, 7) is 3.20. The van der Waals surface area contributed by atoms with E-state index in [1.54, 1.807) is 13.8 Å². The van der Waals surface area contributed by atoms with E-state index < -0.39 is 34.9 Å². The summed E-state index contributed by atoms with van der Waals surface area (Å²) in [4.78, 5) is 45.1. The average molecular weight is 338 g/mol. The molecule has 0 aliphatic rings. The highest BCUT2D eigenvalue weighted by Crippen LogP contribution is 2.25. The van der Waals surface area contributed by atoms with Gasteiger partial charge in [0.15, 0.2) is 6.10 Å². The summed E-state index contributed by atoms with van der Waals surface area (Å²) in [6.07, 6.45) is -1.27. The summed E-state index contributed by atoms with van der Waals surface area (Å²) in [6, 6.07) is 2.64. The molecule has 0 bridgehead atoms. The Bertz CT molecular complexity index is 673. The first-order valence-corrected chi connectivity index (χ1v) is 6.94. The van der Waals surface area contributed by atoms with Crippen LogP contribution in [0, 0.1) is 16.0 Å². The van der Waals surface area contributed by atoms with Gasteiger partial charge in [0.2, 0.25) is 0 Å². The molecule has 4 N–H and O–H groups in total. The Labute approximate surface area is 137 Å². The zero-order chi connectivity index (χ0) is 18.4. The van der Waals surface area contributed by atoms with Crippen LogP contribution in [-0.2, 0) is 9.53 Å². The normalized spacial score (nSPS) is 11.5. The highest BCUT2D eigenvalue weighted by atomic mass is 16.6. The van der Waals surface area contributed by atoms with Gasteiger partial charge in [0, 0.05) is 13.1 Å². The van der Waals surface area contributed by atoms with Crippen LogP contribution in [0.1, 0.15) is 24.2 Å². The molecule has 130 valence electrons. The number of nitro groups is 1. The van der Waals surface area contributed by atoms with Crippen LogP contribution in [0.2, 0.25) is 0 Å². The molecule has 0 heterocycles. The number of nitrogens with zero attached hydrogens (tertiary/aromatic N) is 1. The first-order valence-electron chi connectivity index (χ1n) is 6.94. The smallest absolute Gasteiger partial charge is 0.339 e. The SMILES string of the molecule is CNc1ccc(C(=O)O[C@@H](C(=O)NC(N)=O)C(C)C)cc1[N+](=O)[O-]. The number of nitrogens with two attached hydrogens (primary N) is 1. The number of carbonyl (C=O) groups is 3. The lowest BCUT2D eigenvalue weighted by molar-refractivity contribution is -0.384. The van der Waals surface area contributed by atoms with Crippen LogP contribution in [0.5, 0.6) is 0 Å². The number of benzene rings is 1. The van der Waals surface area contributed by atoms with Gasteiger partial charge in [-0.2, -0.15) is 0 Å². The van der Waals surface area contributed by atoms with Gasteiger partial charge < -0.3 is 15.8 Å². The lowest BCUT2D eigenvalue weighted by atomic mass is 10.1. The van der Waals surface area contributed by atoms with Crippen LogP contribution >= 0.6 is 0 Å². The van der Waals surface area contributed by atoms with Crippen molar-refractivity contribution < 1.29 is 24.0 Å². The molecule has 0 fully saturated rings. The second-order valence-electron chi connectivity index (χ2n) is 5.16. The molecule has 3 amide bonds. The highest BCUT2D eigenvalue weighted by Gasteiger charge is 2.28. The minimum absolute atomic E-state index is 0.0989. The third-order valence-corrected chi connectivity index (χ3v) is 3.04. The van der Waals surface area contributed by atoms with E-state index in [0.717, 1.165) is 6.07 Å². The van der Waals surface area contributed by atoms with Crippen LogP contribution < -0.4 is 16.4 Å². The molecule has 0 saturated heterocycles. The molecule has 0 aliphatic heterocycles. The third kappa shape index (κ3) is 4.66. The molecule has 0 radical (unpaired) electrons. The topological polar surface area (TPSA) is 154 Å². The molecule has 1 rings (SSSR count). The third-order valence-electron chi connectivity index (χ3n) is 3.04. The number of urea groups is 1. The molecule has 1 aromatic carbocycles. The number of esters is 1. The fourth-order valence-corrected chi connectivity index (χ4v) is 1.89. The molecule has 10 nitrogen and oxygen atoms in total. The largest absolute Gasteiger partial charge is 0.448 e. The van der Waals surface area contributed by atoms with Crippen molar-refractivity contribution in [2.24, 2.45) is 11.7 Å². The number of imide groups is 1. The van der Waals surface area contributed by atoms with Crippen LogP contribution in [-0.4, -0.2) is 36.0 Å². The quantitative estimate of drug-likeness (QED) is 0.397. The van der Waals surface area contributed by atoms with Gasteiger partial charge in [0.05, 0.1) is 10.5 Å². The monoisotopic (exact) mass is 338 g/mol. The molecule has 24 heavy (non-hydrogen) atoms. The Morgan fingerprint density at radius 1 is 1.29 bits per heavy atom. The van der Waals surface area contributed by atoms with Crippen molar-refractivity contribution in [2.45, 2.75) is 20.0 Å².